The summed E-state index contributed by atoms with van der Waals surface area (Å²) < 4.78 is 27.6. The molecule has 0 fully saturated rings. The van der Waals surface area contributed by atoms with E-state index in [0.717, 1.165) is 0 Å². The molecule has 2 aromatic rings. The number of hydrogen-bond acceptors (Lipinski definition) is 1. The lowest BCUT2D eigenvalue weighted by Crippen LogP contribution is -2.16. The van der Waals surface area contributed by atoms with Gasteiger partial charge in [0.2, 0.25) is 0 Å². The average Bonchev–Trinajstić information content (AvgIpc) is 2.53. The maximum atomic E-state index is 13.8. The van der Waals surface area contributed by atoms with Crippen molar-refractivity contribution < 1.29 is 13.9 Å². The van der Waals surface area contributed by atoms with Crippen LogP contribution in [0.4, 0.5) is 8.78 Å². The Morgan fingerprint density at radius 3 is 2.69 bits per heavy atom. The summed E-state index contributed by atoms with van der Waals surface area (Å²) in [5.74, 6) is -2.99. The molecule has 1 aromatic heterocycles. The molecule has 2 N–H and O–H groups in total. The van der Waals surface area contributed by atoms with Crippen LogP contribution in [0.3, 0.4) is 0 Å². The molecule has 0 bridgehead atoms. The molecule has 0 saturated carbocycles. The van der Waals surface area contributed by atoms with Crippen molar-refractivity contribution in [2.45, 2.75) is 19.3 Å². The van der Waals surface area contributed by atoms with E-state index >= 15 is 0 Å². The Labute approximate surface area is 91.9 Å². The van der Waals surface area contributed by atoms with Gasteiger partial charge in [-0.1, -0.05) is 18.2 Å². The van der Waals surface area contributed by atoms with Crippen LogP contribution in [0.15, 0.2) is 24.3 Å². The number of rotatable bonds is 3. The Hall–Kier alpha value is -1.42. The number of alkyl halides is 2. The highest BCUT2D eigenvalue weighted by atomic mass is 19.3. The number of H-pyrrole nitrogens is 1. The van der Waals surface area contributed by atoms with Crippen molar-refractivity contribution in [2.24, 2.45) is 0 Å². The van der Waals surface area contributed by atoms with E-state index < -0.39 is 19.0 Å². The molecular formula is C12H13F2NO. The van der Waals surface area contributed by atoms with E-state index in [-0.39, 0.29) is 5.56 Å². The van der Waals surface area contributed by atoms with Gasteiger partial charge in [0, 0.05) is 35.2 Å². The van der Waals surface area contributed by atoms with Gasteiger partial charge in [0.05, 0.1) is 0 Å². The fourth-order valence-corrected chi connectivity index (χ4v) is 2.01. The van der Waals surface area contributed by atoms with Gasteiger partial charge >= 0.3 is 0 Å². The van der Waals surface area contributed by atoms with Crippen molar-refractivity contribution in [3.05, 3.63) is 35.5 Å². The third-order valence-electron chi connectivity index (χ3n) is 2.69. The summed E-state index contributed by atoms with van der Waals surface area (Å²) in [5, 5.41) is 9.20. The topological polar surface area (TPSA) is 36.0 Å². The second kappa shape index (κ2) is 3.87. The Balaban J connectivity index is 2.63. The number of benzene rings is 1. The van der Waals surface area contributed by atoms with E-state index in [1.807, 2.05) is 0 Å². The summed E-state index contributed by atoms with van der Waals surface area (Å²) in [6.07, 6.45) is -0.546. The van der Waals surface area contributed by atoms with Crippen LogP contribution < -0.4 is 0 Å². The first kappa shape index (κ1) is 11.1. The molecule has 0 aliphatic heterocycles. The summed E-state index contributed by atoms with van der Waals surface area (Å²) in [5.41, 5.74) is 1.16. The molecule has 0 unspecified atom stereocenters. The van der Waals surface area contributed by atoms with Gasteiger partial charge in [-0.3, -0.25) is 0 Å². The van der Waals surface area contributed by atoms with Gasteiger partial charge in [0.1, 0.15) is 0 Å². The molecule has 86 valence electrons. The lowest BCUT2D eigenvalue weighted by Gasteiger charge is -2.15. The minimum Gasteiger partial charge on any atom is -0.396 e. The third-order valence-corrected chi connectivity index (χ3v) is 2.69. The van der Waals surface area contributed by atoms with Crippen molar-refractivity contribution in [3.8, 4) is 0 Å². The molecule has 1 heterocycles. The molecule has 0 aliphatic rings. The smallest absolute Gasteiger partial charge is 0.277 e. The largest absolute Gasteiger partial charge is 0.396 e. The zero-order valence-corrected chi connectivity index (χ0v) is 8.93. The first-order valence-corrected chi connectivity index (χ1v) is 5.13. The molecule has 2 rings (SSSR count). The molecule has 0 radical (unpaired) electrons. The number of halogens is 2. The molecule has 0 amide bonds. The molecular weight excluding hydrogens is 212 g/mol. The van der Waals surface area contributed by atoms with Crippen LogP contribution in [-0.2, 0) is 5.92 Å². The maximum Gasteiger partial charge on any atom is 0.277 e. The van der Waals surface area contributed by atoms with Crippen molar-refractivity contribution in [1.82, 2.24) is 4.98 Å². The van der Waals surface area contributed by atoms with Gasteiger partial charge in [-0.2, -0.15) is 0 Å². The van der Waals surface area contributed by atoms with Crippen LogP contribution in [0, 0.1) is 6.92 Å². The predicted molar refractivity (Wildman–Crippen MR) is 58.6 cm³/mol. The molecule has 0 spiro atoms. The maximum absolute atomic E-state index is 13.8. The average molecular weight is 225 g/mol. The van der Waals surface area contributed by atoms with E-state index in [4.69, 9.17) is 5.11 Å². The van der Waals surface area contributed by atoms with Gasteiger partial charge in [0.15, 0.2) is 0 Å². The van der Waals surface area contributed by atoms with Crippen molar-refractivity contribution in [1.29, 1.82) is 0 Å². The first-order chi connectivity index (χ1) is 7.56. The van der Waals surface area contributed by atoms with Gasteiger partial charge in [-0.05, 0) is 13.0 Å². The van der Waals surface area contributed by atoms with Crippen LogP contribution in [-0.4, -0.2) is 16.7 Å². The second-order valence-electron chi connectivity index (χ2n) is 3.85. The number of nitrogens with one attached hydrogen (secondary N) is 1. The van der Waals surface area contributed by atoms with E-state index in [2.05, 4.69) is 4.98 Å². The molecule has 0 saturated heterocycles. The number of para-hydroxylation sites is 1. The van der Waals surface area contributed by atoms with Crippen molar-refractivity contribution >= 4 is 10.9 Å². The standard InChI is InChI=1S/C12H13F2NO/c1-8-11(12(13,14)6-7-16)9-4-2-3-5-10(9)15-8/h2-5,15-16H,6-7H2,1H3. The lowest BCUT2D eigenvalue weighted by atomic mass is 10.0. The summed E-state index contributed by atoms with van der Waals surface area (Å²) in [7, 11) is 0. The highest BCUT2D eigenvalue weighted by Gasteiger charge is 2.35. The predicted octanol–water partition coefficient (Wildman–Crippen LogP) is 2.95. The highest BCUT2D eigenvalue weighted by molar-refractivity contribution is 5.85. The zero-order chi connectivity index (χ0) is 11.8. The Kier molecular flexibility index (Phi) is 2.68. The van der Waals surface area contributed by atoms with E-state index in [1.54, 1.807) is 31.2 Å². The number of aromatic amines is 1. The van der Waals surface area contributed by atoms with Crippen LogP contribution in [0.2, 0.25) is 0 Å². The highest BCUT2D eigenvalue weighted by Crippen LogP contribution is 2.38. The van der Waals surface area contributed by atoms with Crippen LogP contribution in [0.25, 0.3) is 10.9 Å². The van der Waals surface area contributed by atoms with Gasteiger partial charge in [-0.15, -0.1) is 0 Å². The van der Waals surface area contributed by atoms with Gasteiger partial charge in [0.25, 0.3) is 5.92 Å². The van der Waals surface area contributed by atoms with E-state index in [9.17, 15) is 8.78 Å². The molecule has 16 heavy (non-hydrogen) atoms. The second-order valence-corrected chi connectivity index (χ2v) is 3.85. The quantitative estimate of drug-likeness (QED) is 0.827. The minimum atomic E-state index is -2.99. The zero-order valence-electron chi connectivity index (χ0n) is 8.93. The van der Waals surface area contributed by atoms with Gasteiger partial charge in [-0.25, -0.2) is 8.78 Å². The van der Waals surface area contributed by atoms with Crippen LogP contribution in [0.1, 0.15) is 17.7 Å². The normalized spacial score (nSPS) is 12.2. The lowest BCUT2D eigenvalue weighted by molar-refractivity contribution is -0.0260. The number of aryl methyl sites for hydroxylation is 1. The number of hydrogen-bond donors (Lipinski definition) is 2. The molecule has 0 atom stereocenters. The Bertz CT molecular complexity index is 505. The molecule has 2 nitrogen and oxygen atoms in total. The summed E-state index contributed by atoms with van der Waals surface area (Å²) in [4.78, 5) is 2.93. The number of fused-ring (bicyclic) bond motifs is 1. The SMILES string of the molecule is Cc1[nH]c2ccccc2c1C(F)(F)CCO. The Morgan fingerprint density at radius 2 is 2.00 bits per heavy atom. The minimum absolute atomic E-state index is 0.00264. The summed E-state index contributed by atoms with van der Waals surface area (Å²) in [6, 6.07) is 6.96. The third kappa shape index (κ3) is 1.69. The number of aromatic nitrogens is 1. The molecule has 0 aliphatic carbocycles. The fraction of sp³-hybridized carbons (Fsp3) is 0.333. The fourth-order valence-electron chi connectivity index (χ4n) is 2.01. The van der Waals surface area contributed by atoms with Crippen molar-refractivity contribution in [2.75, 3.05) is 6.61 Å². The van der Waals surface area contributed by atoms with Gasteiger partial charge < -0.3 is 10.1 Å². The number of aliphatic hydroxyl groups excluding tert-OH is 1. The van der Waals surface area contributed by atoms with Crippen molar-refractivity contribution in [3.63, 3.8) is 0 Å². The first-order valence-electron chi connectivity index (χ1n) is 5.13. The van der Waals surface area contributed by atoms with E-state index in [0.29, 0.717) is 16.6 Å². The molecule has 1 aromatic carbocycles. The Morgan fingerprint density at radius 1 is 1.31 bits per heavy atom. The van der Waals surface area contributed by atoms with Crippen LogP contribution in [0.5, 0.6) is 0 Å². The van der Waals surface area contributed by atoms with E-state index in [1.165, 1.54) is 0 Å². The molecule has 4 heteroatoms. The summed E-state index contributed by atoms with van der Waals surface area (Å²) >= 11 is 0. The van der Waals surface area contributed by atoms with Crippen LogP contribution >= 0.6 is 0 Å². The number of aliphatic hydroxyl groups is 1. The summed E-state index contributed by atoms with van der Waals surface area (Å²) in [6.45, 7) is 1.10. The monoisotopic (exact) mass is 225 g/mol.